The van der Waals surface area contributed by atoms with Crippen molar-refractivity contribution in [3.63, 3.8) is 0 Å². The Kier molecular flexibility index (Phi) is 3.15. The monoisotopic (exact) mass is 304 g/mol. The highest BCUT2D eigenvalue weighted by Crippen LogP contribution is 2.65. The number of carbonyl (C=O) groups is 2. The van der Waals surface area contributed by atoms with Crippen LogP contribution in [-0.2, 0) is 9.59 Å². The third-order valence-corrected chi connectivity index (χ3v) is 8.23. The first-order valence-corrected chi connectivity index (χ1v) is 9.09. The summed E-state index contributed by atoms with van der Waals surface area (Å²) in [5.41, 5.74) is 0.0535. The van der Waals surface area contributed by atoms with Crippen LogP contribution in [0.25, 0.3) is 0 Å². The predicted molar refractivity (Wildman–Crippen MR) is 83.1 cm³/mol. The Bertz CT molecular complexity index is 527. The van der Waals surface area contributed by atoms with Gasteiger partial charge in [-0.25, -0.2) is 0 Å². The number of carbonyl (C=O) groups excluding carboxylic acids is 2. The van der Waals surface area contributed by atoms with Crippen LogP contribution in [0.5, 0.6) is 0 Å². The van der Waals surface area contributed by atoms with Gasteiger partial charge in [0, 0.05) is 25.2 Å². The molecule has 4 rings (SSSR count). The highest BCUT2D eigenvalue weighted by atomic mass is 16.3. The lowest BCUT2D eigenvalue weighted by Crippen LogP contribution is -2.57. The third kappa shape index (κ3) is 1.78. The van der Waals surface area contributed by atoms with Gasteiger partial charge >= 0.3 is 0 Å². The summed E-state index contributed by atoms with van der Waals surface area (Å²) in [6, 6.07) is 0. The summed E-state index contributed by atoms with van der Waals surface area (Å²) in [5.74, 6) is 2.12. The van der Waals surface area contributed by atoms with Crippen molar-refractivity contribution in [1.82, 2.24) is 0 Å². The summed E-state index contributed by atoms with van der Waals surface area (Å²) in [7, 11) is 0. The summed E-state index contributed by atoms with van der Waals surface area (Å²) in [4.78, 5) is 24.7. The van der Waals surface area contributed by atoms with Gasteiger partial charge in [0.2, 0.25) is 0 Å². The van der Waals surface area contributed by atoms with Crippen LogP contribution in [0.1, 0.15) is 65.2 Å². The fourth-order valence-corrected chi connectivity index (χ4v) is 6.81. The van der Waals surface area contributed by atoms with Gasteiger partial charge in [-0.1, -0.05) is 13.8 Å². The average molecular weight is 304 g/mol. The Hall–Kier alpha value is -0.700. The van der Waals surface area contributed by atoms with E-state index >= 15 is 0 Å². The fraction of sp³-hybridized carbons (Fsp3) is 0.895. The topological polar surface area (TPSA) is 54.4 Å². The Morgan fingerprint density at radius 2 is 1.68 bits per heavy atom. The molecule has 0 spiro atoms. The predicted octanol–water partition coefficient (Wildman–Crippen LogP) is 3.14. The van der Waals surface area contributed by atoms with Gasteiger partial charge in [0.25, 0.3) is 0 Å². The van der Waals surface area contributed by atoms with Crippen molar-refractivity contribution in [2.75, 3.05) is 0 Å². The van der Waals surface area contributed by atoms with Crippen molar-refractivity contribution in [2.24, 2.45) is 34.5 Å². The maximum atomic E-state index is 12.8. The Morgan fingerprint density at radius 3 is 2.45 bits per heavy atom. The first kappa shape index (κ1) is 14.9. The van der Waals surface area contributed by atoms with Crippen LogP contribution in [0.4, 0.5) is 0 Å². The van der Waals surface area contributed by atoms with Crippen molar-refractivity contribution in [2.45, 2.75) is 71.3 Å². The number of fused-ring (bicyclic) bond motifs is 5. The van der Waals surface area contributed by atoms with Gasteiger partial charge in [0.1, 0.15) is 11.6 Å². The van der Waals surface area contributed by atoms with Crippen molar-refractivity contribution in [3.05, 3.63) is 0 Å². The SMILES string of the molecule is C[C@]12CC[C@H]3[C@@H](CC(=O)C4CC(=O)CC[C@@]43C)[C@@H]1CC[C@@H]2O. The second-order valence-corrected chi connectivity index (χ2v) is 8.99. The molecule has 4 fully saturated rings. The third-order valence-electron chi connectivity index (χ3n) is 8.23. The summed E-state index contributed by atoms with van der Waals surface area (Å²) >= 11 is 0. The molecule has 0 aromatic heterocycles. The number of hydrogen-bond acceptors (Lipinski definition) is 3. The van der Waals surface area contributed by atoms with E-state index in [1.165, 1.54) is 0 Å². The molecule has 0 radical (unpaired) electrons. The maximum absolute atomic E-state index is 12.8. The van der Waals surface area contributed by atoms with Crippen LogP contribution in [0.15, 0.2) is 0 Å². The molecule has 0 saturated heterocycles. The summed E-state index contributed by atoms with van der Waals surface area (Å²) in [5, 5.41) is 10.4. The van der Waals surface area contributed by atoms with E-state index < -0.39 is 0 Å². The highest BCUT2D eigenvalue weighted by Gasteiger charge is 2.62. The number of aliphatic hydroxyl groups excluding tert-OH is 1. The normalized spacial score (nSPS) is 54.6. The molecule has 7 atom stereocenters. The number of Topliss-reactive ketones (excluding diaryl/α,β-unsaturated/α-hetero) is 2. The molecule has 3 heteroatoms. The van der Waals surface area contributed by atoms with Crippen LogP contribution in [0.2, 0.25) is 0 Å². The lowest BCUT2D eigenvalue weighted by Gasteiger charge is -2.59. The highest BCUT2D eigenvalue weighted by molar-refractivity contribution is 5.90. The molecule has 0 aromatic carbocycles. The van der Waals surface area contributed by atoms with Crippen LogP contribution >= 0.6 is 0 Å². The first-order valence-electron chi connectivity index (χ1n) is 9.09. The molecule has 4 saturated carbocycles. The van der Waals surface area contributed by atoms with E-state index in [-0.39, 0.29) is 28.6 Å². The van der Waals surface area contributed by atoms with Crippen molar-refractivity contribution in [3.8, 4) is 0 Å². The molecule has 22 heavy (non-hydrogen) atoms. The van der Waals surface area contributed by atoms with E-state index in [1.807, 2.05) is 0 Å². The molecule has 122 valence electrons. The summed E-state index contributed by atoms with van der Waals surface area (Å²) < 4.78 is 0. The van der Waals surface area contributed by atoms with Crippen LogP contribution in [0, 0.1) is 34.5 Å². The lowest BCUT2D eigenvalue weighted by atomic mass is 9.45. The molecule has 0 amide bonds. The van der Waals surface area contributed by atoms with Gasteiger partial charge in [-0.15, -0.1) is 0 Å². The van der Waals surface area contributed by atoms with Crippen molar-refractivity contribution >= 4 is 11.6 Å². The second-order valence-electron chi connectivity index (χ2n) is 8.99. The van der Waals surface area contributed by atoms with Crippen LogP contribution in [-0.4, -0.2) is 22.8 Å². The van der Waals surface area contributed by atoms with Crippen molar-refractivity contribution < 1.29 is 14.7 Å². The molecule has 3 nitrogen and oxygen atoms in total. The minimum atomic E-state index is -0.188. The average Bonchev–Trinajstić information content (AvgIpc) is 2.77. The molecule has 4 aliphatic carbocycles. The second kappa shape index (κ2) is 4.66. The van der Waals surface area contributed by atoms with Gasteiger partial charge < -0.3 is 5.11 Å². The number of hydrogen-bond donors (Lipinski definition) is 1. The molecule has 0 bridgehead atoms. The molecule has 0 heterocycles. The maximum Gasteiger partial charge on any atom is 0.137 e. The molecule has 4 aliphatic rings. The van der Waals surface area contributed by atoms with Crippen LogP contribution < -0.4 is 0 Å². The molecular weight excluding hydrogens is 276 g/mol. The lowest BCUT2D eigenvalue weighted by molar-refractivity contribution is -0.160. The zero-order valence-electron chi connectivity index (χ0n) is 13.8. The first-order chi connectivity index (χ1) is 10.4. The largest absolute Gasteiger partial charge is 0.393 e. The van der Waals surface area contributed by atoms with Gasteiger partial charge in [0.15, 0.2) is 0 Å². The van der Waals surface area contributed by atoms with Crippen molar-refractivity contribution in [1.29, 1.82) is 0 Å². The quantitative estimate of drug-likeness (QED) is 0.748. The Labute approximate surface area is 132 Å². The summed E-state index contributed by atoms with van der Waals surface area (Å²) in [6.07, 6.45) is 6.71. The van der Waals surface area contributed by atoms with E-state index in [0.29, 0.717) is 42.8 Å². The molecular formula is C19H28O3. The van der Waals surface area contributed by atoms with E-state index in [2.05, 4.69) is 13.8 Å². The van der Waals surface area contributed by atoms with E-state index in [9.17, 15) is 14.7 Å². The zero-order chi connectivity index (χ0) is 15.7. The number of rotatable bonds is 0. The van der Waals surface area contributed by atoms with Gasteiger partial charge in [0.05, 0.1) is 6.10 Å². The molecule has 0 aromatic rings. The van der Waals surface area contributed by atoms with Gasteiger partial charge in [-0.3, -0.25) is 9.59 Å². The Balaban J connectivity index is 1.69. The Morgan fingerprint density at radius 1 is 0.955 bits per heavy atom. The van der Waals surface area contributed by atoms with Crippen LogP contribution in [0.3, 0.4) is 0 Å². The summed E-state index contributed by atoms with van der Waals surface area (Å²) in [6.45, 7) is 4.53. The fourth-order valence-electron chi connectivity index (χ4n) is 6.81. The van der Waals surface area contributed by atoms with E-state index in [1.54, 1.807) is 0 Å². The standard InChI is InChI=1S/C19H28O3/c1-18-7-5-11(20)9-15(18)16(21)10-12-13-3-4-17(22)19(13,2)8-6-14(12)18/h12-15,17,22H,3-10H2,1-2H3/t12-,13-,14-,15?,17-,18+,19-/m0/s1. The smallest absolute Gasteiger partial charge is 0.137 e. The van der Waals surface area contributed by atoms with E-state index in [0.717, 1.165) is 32.1 Å². The zero-order valence-corrected chi connectivity index (χ0v) is 13.8. The van der Waals surface area contributed by atoms with Gasteiger partial charge in [-0.2, -0.15) is 0 Å². The van der Waals surface area contributed by atoms with Gasteiger partial charge in [-0.05, 0) is 60.7 Å². The minimum Gasteiger partial charge on any atom is -0.393 e. The number of ketones is 2. The minimum absolute atomic E-state index is 0.0225. The number of aliphatic hydroxyl groups is 1. The van der Waals surface area contributed by atoms with E-state index in [4.69, 9.17) is 0 Å². The molecule has 1 unspecified atom stereocenters. The molecule has 0 aliphatic heterocycles. The molecule has 1 N–H and O–H groups in total.